The SMILES string of the molecule is CC[C@H]1NC(=O)[C@H](Cc2ccc(O)cc2)NC(=O)C(CCCCNC(=O)C(CCC(=O)NCCCCC2NC(=O)[C@@H](CCCNC(=N)N)NC(=O)CNC(=O)[C@@H](CC(=O)O)NC(=O)[C@H](Cc3ccc(O)cc3)NC2=O)NC(=O)CCCCCNC(=O)C(CSSCCC(=O)NCCO)NC)NC(=O)[C@@H](CCCNC(=N)N)NC(=O)CNC1=O. The number of carbonyl (C=O) groups is 16. The molecule has 2 aromatic carbocycles. The number of carboxylic acid groups (broad SMARTS) is 1. The van der Waals surface area contributed by atoms with Gasteiger partial charge in [0.15, 0.2) is 11.9 Å². The highest BCUT2D eigenvalue weighted by Crippen LogP contribution is 2.23. The van der Waals surface area contributed by atoms with E-state index in [-0.39, 0.29) is 190 Å². The average molecular weight is 1700 g/mol. The first-order valence-corrected chi connectivity index (χ1v) is 41.7. The zero-order valence-electron chi connectivity index (χ0n) is 66.3. The predicted molar refractivity (Wildman–Crippen MR) is 435 cm³/mol. The fraction of sp³-hybridized carbons (Fsp3) is 0.595. The van der Waals surface area contributed by atoms with Gasteiger partial charge >= 0.3 is 5.97 Å². The first-order valence-electron chi connectivity index (χ1n) is 39.2. The van der Waals surface area contributed by atoms with Crippen LogP contribution >= 0.6 is 21.6 Å². The normalized spacial score (nSPS) is 19.7. The van der Waals surface area contributed by atoms with E-state index in [0.717, 1.165) is 0 Å². The number of likely N-dealkylation sites (N-methyl/N-ethyl adjacent to an activating group) is 1. The second-order valence-electron chi connectivity index (χ2n) is 27.9. The van der Waals surface area contributed by atoms with Crippen LogP contribution < -0.4 is 107 Å². The van der Waals surface area contributed by atoms with Crippen LogP contribution in [0.1, 0.15) is 140 Å². The van der Waals surface area contributed by atoms with Gasteiger partial charge in [0.25, 0.3) is 0 Å². The van der Waals surface area contributed by atoms with E-state index in [4.69, 9.17) is 27.4 Å². The summed E-state index contributed by atoms with van der Waals surface area (Å²) in [5, 5.41) is 101. The number of hydrogen-bond donors (Lipinski definition) is 26. The molecule has 42 nitrogen and oxygen atoms in total. The van der Waals surface area contributed by atoms with Crippen molar-refractivity contribution >= 4 is 128 Å². The van der Waals surface area contributed by atoms with Gasteiger partial charge in [0, 0.05) is 82.9 Å². The maximum absolute atomic E-state index is 14.5. The molecule has 0 saturated carbocycles. The highest BCUT2D eigenvalue weighted by atomic mass is 33.1. The first-order chi connectivity index (χ1) is 56.4. The molecular formula is C74H116N22O20S2. The summed E-state index contributed by atoms with van der Waals surface area (Å²) in [5.74, 6) is -12.5. The lowest BCUT2D eigenvalue weighted by Gasteiger charge is -2.26. The van der Waals surface area contributed by atoms with Gasteiger partial charge in [-0.15, -0.1) is 0 Å². The highest BCUT2D eigenvalue weighted by Gasteiger charge is 2.36. The minimum Gasteiger partial charge on any atom is -0.508 e. The lowest BCUT2D eigenvalue weighted by molar-refractivity contribution is -0.141. The van der Waals surface area contributed by atoms with E-state index in [2.05, 4.69) is 95.7 Å². The standard InChI is InChI=1S/C74H116N22O20S2/c1-3-47-63(107)86-40-60(103)89-48(15-11-32-84-73(75)76)67(111)93-51(69(113)94-53(71(115)91-47)37-43-18-22-45(98)23-19-43)14-7-10-31-82-64(108)52(88-59(102)17-5-4-8-30-83-66(110)56(79-2)42-118-117-36-28-58(101)81-34-35-97)26-27-57(100)80-29-9-6-13-50-70(114)95-54(38-44-20-24-46(99)25-21-44)72(116)96-55(39-62(105)106)65(109)87-41-61(104)90-49(68(112)92-50)16-12-33-85-74(77)78/h18-25,47-56,79,97-99H,3-17,26-42H2,1-2H3,(H,80,100)(H,81,101)(H,82,108)(H,83,110)(H,86,107)(H,87,109)(H,88,102)(H,89,103)(H,90,104)(H,91,115)(H,92,112)(H,93,111)(H,94,113)(H,95,114)(H,96,116)(H,105,106)(H4,75,76,84)(H4,77,78,85)/t47-,48-,49-,50?,51?,52?,53+,54+,55-,56?/m1/s1. The van der Waals surface area contributed by atoms with Gasteiger partial charge in [-0.3, -0.25) is 87.5 Å². The van der Waals surface area contributed by atoms with E-state index in [1.807, 2.05) is 0 Å². The number of phenols is 2. The van der Waals surface area contributed by atoms with Gasteiger partial charge in [0.1, 0.15) is 65.9 Å². The molecule has 2 saturated heterocycles. The lowest BCUT2D eigenvalue weighted by Crippen LogP contribution is -2.58. The van der Waals surface area contributed by atoms with Gasteiger partial charge in [0.2, 0.25) is 88.6 Å². The topological polar surface area (TPSA) is 670 Å². The Morgan fingerprint density at radius 2 is 0.847 bits per heavy atom. The van der Waals surface area contributed by atoms with Gasteiger partial charge < -0.3 is 128 Å². The molecule has 2 aliphatic rings. The molecule has 2 aromatic rings. The fourth-order valence-corrected chi connectivity index (χ4v) is 14.2. The average Bonchev–Trinajstić information content (AvgIpc) is 1.26. The molecule has 4 unspecified atom stereocenters. The summed E-state index contributed by atoms with van der Waals surface area (Å²) >= 11 is 0. The minimum atomic E-state index is -1.75. The van der Waals surface area contributed by atoms with Gasteiger partial charge in [0.05, 0.1) is 32.2 Å². The highest BCUT2D eigenvalue weighted by molar-refractivity contribution is 8.76. The van der Waals surface area contributed by atoms with Crippen LogP contribution in [0.25, 0.3) is 0 Å². The number of phenolic OH excluding ortho intramolecular Hbond substituents is 2. The van der Waals surface area contributed by atoms with Crippen molar-refractivity contribution in [3.8, 4) is 11.5 Å². The van der Waals surface area contributed by atoms with Gasteiger partial charge in [-0.25, -0.2) is 0 Å². The molecule has 654 valence electrons. The van der Waals surface area contributed by atoms with Crippen molar-refractivity contribution in [2.24, 2.45) is 11.5 Å². The third-order valence-electron chi connectivity index (χ3n) is 18.4. The molecule has 15 amide bonds. The lowest BCUT2D eigenvalue weighted by atomic mass is 10.0. The summed E-state index contributed by atoms with van der Waals surface area (Å²) in [7, 11) is 4.48. The summed E-state index contributed by atoms with van der Waals surface area (Å²) in [6, 6.07) is -1.82. The number of aromatic hydroxyl groups is 2. The number of benzene rings is 2. The van der Waals surface area contributed by atoms with Gasteiger partial charge in [-0.1, -0.05) is 59.2 Å². The summed E-state index contributed by atoms with van der Waals surface area (Å²) in [6.45, 7) is 0.602. The number of nitrogens with one attached hydrogen (secondary N) is 20. The third-order valence-corrected chi connectivity index (χ3v) is 20.9. The van der Waals surface area contributed by atoms with Crippen molar-refractivity contribution in [3.63, 3.8) is 0 Å². The van der Waals surface area contributed by atoms with Crippen molar-refractivity contribution in [1.82, 2.24) is 95.7 Å². The summed E-state index contributed by atoms with van der Waals surface area (Å²) < 4.78 is 0. The van der Waals surface area contributed by atoms with Crippen molar-refractivity contribution in [1.29, 1.82) is 10.8 Å². The second-order valence-corrected chi connectivity index (χ2v) is 30.5. The number of unbranched alkanes of at least 4 members (excludes halogenated alkanes) is 4. The van der Waals surface area contributed by atoms with Crippen LogP contribution in [0.5, 0.6) is 11.5 Å². The Bertz CT molecular complexity index is 3700. The van der Waals surface area contributed by atoms with Crippen LogP contribution in [0.15, 0.2) is 48.5 Å². The molecule has 28 N–H and O–H groups in total. The van der Waals surface area contributed by atoms with E-state index >= 15 is 0 Å². The molecule has 0 radical (unpaired) electrons. The fourth-order valence-electron chi connectivity index (χ4n) is 11.9. The quantitative estimate of drug-likeness (QED) is 0.0127. The zero-order valence-corrected chi connectivity index (χ0v) is 67.9. The molecule has 0 aromatic heterocycles. The molecule has 10 atom stereocenters. The molecule has 0 aliphatic carbocycles. The number of rotatable bonds is 46. The van der Waals surface area contributed by atoms with E-state index < -0.39 is 163 Å². The van der Waals surface area contributed by atoms with Crippen LogP contribution in [0.2, 0.25) is 0 Å². The molecule has 2 aliphatic heterocycles. The summed E-state index contributed by atoms with van der Waals surface area (Å²) in [6.07, 6.45) is 0.0387. The van der Waals surface area contributed by atoms with E-state index in [0.29, 0.717) is 41.9 Å². The number of aliphatic hydroxyl groups excluding tert-OH is 1. The zero-order chi connectivity index (χ0) is 86.9. The molecular weight excluding hydrogens is 1580 g/mol. The van der Waals surface area contributed by atoms with E-state index in [1.165, 1.54) is 70.1 Å². The van der Waals surface area contributed by atoms with Crippen molar-refractivity contribution in [2.75, 3.05) is 77.5 Å². The Balaban J connectivity index is 1.54. The van der Waals surface area contributed by atoms with E-state index in [1.54, 1.807) is 14.0 Å². The smallest absolute Gasteiger partial charge is 0.305 e. The summed E-state index contributed by atoms with van der Waals surface area (Å²) in [4.78, 5) is 217. The number of aliphatic hydroxyl groups is 1. The summed E-state index contributed by atoms with van der Waals surface area (Å²) in [5.41, 5.74) is 11.8. The number of nitrogens with two attached hydrogens (primary N) is 2. The van der Waals surface area contributed by atoms with Crippen LogP contribution in [0, 0.1) is 10.8 Å². The number of carboxylic acids is 1. The van der Waals surface area contributed by atoms with Crippen LogP contribution in [0.4, 0.5) is 0 Å². The minimum absolute atomic E-state index is 0.0323. The third kappa shape index (κ3) is 40.5. The Morgan fingerprint density at radius 1 is 0.449 bits per heavy atom. The first kappa shape index (κ1) is 99.1. The van der Waals surface area contributed by atoms with E-state index in [9.17, 15) is 92.0 Å². The number of guanidine groups is 2. The molecule has 4 rings (SSSR count). The Kier molecular flexibility index (Phi) is 46.5. The predicted octanol–water partition coefficient (Wildman–Crippen LogP) is -5.59. The molecule has 0 bridgehead atoms. The largest absolute Gasteiger partial charge is 0.508 e. The number of carbonyl (C=O) groups excluding carboxylic acids is 15. The van der Waals surface area contributed by atoms with Crippen LogP contribution in [-0.2, 0) is 89.6 Å². The van der Waals surface area contributed by atoms with Gasteiger partial charge in [-0.2, -0.15) is 0 Å². The van der Waals surface area contributed by atoms with Crippen molar-refractivity contribution in [2.45, 2.75) is 202 Å². The Morgan fingerprint density at radius 3 is 1.31 bits per heavy atom. The Hall–Kier alpha value is -11.3. The molecule has 2 fully saturated rings. The van der Waals surface area contributed by atoms with Crippen LogP contribution in [-0.4, -0.2) is 265 Å². The van der Waals surface area contributed by atoms with Crippen molar-refractivity contribution in [3.05, 3.63) is 59.7 Å². The number of aliphatic carboxylic acids is 1. The second kappa shape index (κ2) is 55.4. The molecule has 0 spiro atoms. The molecule has 118 heavy (non-hydrogen) atoms. The monoisotopic (exact) mass is 1700 g/mol. The maximum atomic E-state index is 14.5. The Labute approximate surface area is 690 Å². The maximum Gasteiger partial charge on any atom is 0.305 e. The number of hydrogen-bond acceptors (Lipinski definition) is 24. The molecule has 44 heteroatoms. The number of amides is 15. The van der Waals surface area contributed by atoms with Crippen LogP contribution in [0.3, 0.4) is 0 Å². The molecule has 2 heterocycles. The van der Waals surface area contributed by atoms with Crippen molar-refractivity contribution < 1.29 is 97.1 Å². The van der Waals surface area contributed by atoms with Gasteiger partial charge in [-0.05, 0) is 132 Å².